The zero-order chi connectivity index (χ0) is 12.3. The normalized spacial score (nSPS) is 10.5. The van der Waals surface area contributed by atoms with Crippen molar-refractivity contribution in [2.45, 2.75) is 13.2 Å². The Kier molecular flexibility index (Phi) is 4.62. The number of benzene rings is 1. The van der Waals surface area contributed by atoms with Gasteiger partial charge in [0.1, 0.15) is 0 Å². The van der Waals surface area contributed by atoms with Crippen LogP contribution in [-0.2, 0) is 13.2 Å². The number of hydrogen-bond acceptors (Lipinski definition) is 3. The molecule has 0 aliphatic carbocycles. The average molecular weight is 377 g/mol. The van der Waals surface area contributed by atoms with E-state index in [2.05, 4.69) is 43.2 Å². The van der Waals surface area contributed by atoms with Crippen molar-refractivity contribution in [3.05, 3.63) is 49.0 Å². The van der Waals surface area contributed by atoms with Gasteiger partial charge in [-0.05, 0) is 55.6 Å². The van der Waals surface area contributed by atoms with Gasteiger partial charge in [0.2, 0.25) is 0 Å². The van der Waals surface area contributed by atoms with Gasteiger partial charge in [-0.2, -0.15) is 0 Å². The molecule has 0 radical (unpaired) electrons. The lowest BCUT2D eigenvalue weighted by Gasteiger charge is -2.05. The lowest BCUT2D eigenvalue weighted by atomic mass is 10.2. The molecule has 1 aromatic heterocycles. The van der Waals surface area contributed by atoms with Crippen molar-refractivity contribution in [1.29, 1.82) is 0 Å². The van der Waals surface area contributed by atoms with E-state index in [-0.39, 0.29) is 6.61 Å². The van der Waals surface area contributed by atoms with Crippen molar-refractivity contribution in [1.82, 2.24) is 0 Å². The van der Waals surface area contributed by atoms with Crippen molar-refractivity contribution in [3.63, 3.8) is 0 Å². The molecule has 0 aliphatic rings. The van der Waals surface area contributed by atoms with Crippen LogP contribution in [0.4, 0.5) is 5.69 Å². The standard InChI is InChI=1S/C12H11Br2NOS/c13-11-5-10(17-12(11)14)6-15-9-3-1-8(7-16)2-4-9/h1-5,15-16H,6-7H2. The van der Waals surface area contributed by atoms with Crippen LogP contribution in [0, 0.1) is 0 Å². The molecule has 0 saturated carbocycles. The number of aliphatic hydroxyl groups is 1. The summed E-state index contributed by atoms with van der Waals surface area (Å²) in [7, 11) is 0. The molecule has 2 nitrogen and oxygen atoms in total. The van der Waals surface area contributed by atoms with Crippen molar-refractivity contribution in [2.75, 3.05) is 5.32 Å². The first-order valence-corrected chi connectivity index (χ1v) is 7.46. The Bertz CT molecular complexity index is 476. The van der Waals surface area contributed by atoms with E-state index in [0.717, 1.165) is 26.1 Å². The third kappa shape index (κ3) is 3.55. The summed E-state index contributed by atoms with van der Waals surface area (Å²) in [6.45, 7) is 0.887. The Hall–Kier alpha value is -0.360. The summed E-state index contributed by atoms with van der Waals surface area (Å²) < 4.78 is 2.21. The summed E-state index contributed by atoms with van der Waals surface area (Å²) in [5.41, 5.74) is 1.99. The first-order chi connectivity index (χ1) is 8.19. The number of halogens is 2. The first kappa shape index (κ1) is 13.1. The van der Waals surface area contributed by atoms with E-state index in [0.29, 0.717) is 0 Å². The second-order valence-corrected chi connectivity index (χ2v) is 6.85. The lowest BCUT2D eigenvalue weighted by molar-refractivity contribution is 0.282. The summed E-state index contributed by atoms with van der Waals surface area (Å²) in [5, 5.41) is 12.3. The van der Waals surface area contributed by atoms with Gasteiger partial charge < -0.3 is 10.4 Å². The summed E-state index contributed by atoms with van der Waals surface area (Å²) >= 11 is 8.65. The van der Waals surface area contributed by atoms with E-state index in [1.807, 2.05) is 24.3 Å². The Morgan fingerprint density at radius 1 is 1.18 bits per heavy atom. The molecule has 17 heavy (non-hydrogen) atoms. The van der Waals surface area contributed by atoms with Gasteiger partial charge in [0, 0.05) is 21.6 Å². The number of thiophene rings is 1. The van der Waals surface area contributed by atoms with Gasteiger partial charge in [-0.1, -0.05) is 12.1 Å². The van der Waals surface area contributed by atoms with Crippen molar-refractivity contribution < 1.29 is 5.11 Å². The fourth-order valence-electron chi connectivity index (χ4n) is 1.40. The van der Waals surface area contributed by atoms with Gasteiger partial charge in [0.05, 0.1) is 10.4 Å². The van der Waals surface area contributed by atoms with Gasteiger partial charge in [-0.25, -0.2) is 0 Å². The number of aliphatic hydroxyl groups excluding tert-OH is 1. The minimum absolute atomic E-state index is 0.0884. The van der Waals surface area contributed by atoms with Gasteiger partial charge >= 0.3 is 0 Å². The second kappa shape index (κ2) is 6.00. The smallest absolute Gasteiger partial charge is 0.0843 e. The average Bonchev–Trinajstić information content (AvgIpc) is 2.67. The van der Waals surface area contributed by atoms with Gasteiger partial charge in [-0.15, -0.1) is 11.3 Å². The Balaban J connectivity index is 1.97. The van der Waals surface area contributed by atoms with Crippen LogP contribution in [0.2, 0.25) is 0 Å². The van der Waals surface area contributed by atoms with Gasteiger partial charge in [0.15, 0.2) is 0 Å². The molecular weight excluding hydrogens is 366 g/mol. The highest BCUT2D eigenvalue weighted by Crippen LogP contribution is 2.32. The van der Waals surface area contributed by atoms with Crippen molar-refractivity contribution in [3.8, 4) is 0 Å². The molecule has 1 aromatic carbocycles. The van der Waals surface area contributed by atoms with Crippen LogP contribution in [0.1, 0.15) is 10.4 Å². The van der Waals surface area contributed by atoms with E-state index in [1.54, 1.807) is 11.3 Å². The maximum Gasteiger partial charge on any atom is 0.0843 e. The molecule has 2 N–H and O–H groups in total. The van der Waals surface area contributed by atoms with Crippen LogP contribution >= 0.6 is 43.2 Å². The lowest BCUT2D eigenvalue weighted by Crippen LogP contribution is -1.97. The zero-order valence-corrected chi connectivity index (χ0v) is 12.9. The molecule has 0 bridgehead atoms. The predicted molar refractivity (Wildman–Crippen MR) is 79.4 cm³/mol. The molecule has 2 aromatic rings. The summed E-state index contributed by atoms with van der Waals surface area (Å²) in [6.07, 6.45) is 0. The van der Waals surface area contributed by atoms with E-state index in [9.17, 15) is 0 Å². The van der Waals surface area contributed by atoms with E-state index in [4.69, 9.17) is 5.11 Å². The fraction of sp³-hybridized carbons (Fsp3) is 0.167. The molecule has 0 saturated heterocycles. The monoisotopic (exact) mass is 375 g/mol. The maximum absolute atomic E-state index is 8.94. The molecule has 0 atom stereocenters. The van der Waals surface area contributed by atoms with Crippen molar-refractivity contribution in [2.24, 2.45) is 0 Å². The zero-order valence-electron chi connectivity index (χ0n) is 8.91. The third-order valence-corrected chi connectivity index (χ3v) is 5.56. The first-order valence-electron chi connectivity index (χ1n) is 5.06. The quantitative estimate of drug-likeness (QED) is 0.829. The van der Waals surface area contributed by atoms with Crippen LogP contribution < -0.4 is 5.32 Å². The fourth-order valence-corrected chi connectivity index (χ4v) is 3.51. The molecule has 0 unspecified atom stereocenters. The molecule has 0 aliphatic heterocycles. The highest BCUT2D eigenvalue weighted by molar-refractivity contribution is 9.13. The van der Waals surface area contributed by atoms with E-state index in [1.165, 1.54) is 4.88 Å². The molecule has 5 heteroatoms. The highest BCUT2D eigenvalue weighted by Gasteiger charge is 2.03. The largest absolute Gasteiger partial charge is 0.392 e. The number of anilines is 1. The van der Waals surface area contributed by atoms with Crippen LogP contribution in [0.25, 0.3) is 0 Å². The summed E-state index contributed by atoms with van der Waals surface area (Å²) in [6, 6.07) is 9.89. The van der Waals surface area contributed by atoms with E-state index < -0.39 is 0 Å². The molecule has 1 heterocycles. The Morgan fingerprint density at radius 2 is 1.88 bits per heavy atom. The SMILES string of the molecule is OCc1ccc(NCc2cc(Br)c(Br)s2)cc1. The Morgan fingerprint density at radius 3 is 2.41 bits per heavy atom. The molecule has 0 fully saturated rings. The van der Waals surface area contributed by atoms with Crippen LogP contribution in [0.3, 0.4) is 0 Å². The minimum atomic E-state index is 0.0884. The molecule has 0 amide bonds. The van der Waals surface area contributed by atoms with Gasteiger partial charge in [-0.3, -0.25) is 0 Å². The third-order valence-electron chi connectivity index (χ3n) is 2.30. The number of nitrogens with one attached hydrogen (secondary N) is 1. The molecule has 0 spiro atoms. The Labute approximate surface area is 121 Å². The highest BCUT2D eigenvalue weighted by atomic mass is 79.9. The summed E-state index contributed by atoms with van der Waals surface area (Å²) in [4.78, 5) is 1.26. The summed E-state index contributed by atoms with van der Waals surface area (Å²) in [5.74, 6) is 0. The van der Waals surface area contributed by atoms with Crippen LogP contribution in [-0.4, -0.2) is 5.11 Å². The van der Waals surface area contributed by atoms with Crippen LogP contribution in [0.15, 0.2) is 38.6 Å². The maximum atomic E-state index is 8.94. The molecular formula is C12H11Br2NOS. The van der Waals surface area contributed by atoms with E-state index >= 15 is 0 Å². The number of hydrogen-bond donors (Lipinski definition) is 2. The second-order valence-electron chi connectivity index (χ2n) is 3.54. The predicted octanol–water partition coefficient (Wildman–Crippen LogP) is 4.38. The molecule has 2 rings (SSSR count). The van der Waals surface area contributed by atoms with Crippen LogP contribution in [0.5, 0.6) is 0 Å². The van der Waals surface area contributed by atoms with Crippen molar-refractivity contribution >= 4 is 48.9 Å². The minimum Gasteiger partial charge on any atom is -0.392 e. The topological polar surface area (TPSA) is 32.3 Å². The molecule has 90 valence electrons. The number of rotatable bonds is 4. The van der Waals surface area contributed by atoms with Gasteiger partial charge in [0.25, 0.3) is 0 Å².